The van der Waals surface area contributed by atoms with Crippen molar-refractivity contribution in [3.63, 3.8) is 0 Å². The van der Waals surface area contributed by atoms with Gasteiger partial charge in [-0.15, -0.1) is 0 Å². The lowest BCUT2D eigenvalue weighted by Gasteiger charge is -2.22. The molecule has 0 fully saturated rings. The Morgan fingerprint density at radius 1 is 1.42 bits per heavy atom. The zero-order valence-corrected chi connectivity index (χ0v) is 15.9. The van der Waals surface area contributed by atoms with Gasteiger partial charge in [-0.1, -0.05) is 42.1 Å². The minimum atomic E-state index is -0.0565. The second-order valence-corrected chi connectivity index (χ2v) is 7.65. The normalized spacial score (nSPS) is 17.0. The molecule has 0 spiro atoms. The maximum absolute atomic E-state index is 12.3. The van der Waals surface area contributed by atoms with E-state index in [9.17, 15) is 10.1 Å². The van der Waals surface area contributed by atoms with E-state index in [1.54, 1.807) is 0 Å². The summed E-state index contributed by atoms with van der Waals surface area (Å²) in [6, 6.07) is 14.0. The molecule has 1 aliphatic heterocycles. The van der Waals surface area contributed by atoms with Crippen LogP contribution in [0.15, 0.2) is 41.4 Å². The number of quaternary nitrogens is 1. The van der Waals surface area contributed by atoms with Crippen LogP contribution in [0.4, 0.5) is 0 Å². The van der Waals surface area contributed by atoms with Gasteiger partial charge in [0.05, 0.1) is 36.6 Å². The van der Waals surface area contributed by atoms with Gasteiger partial charge in [0.2, 0.25) is 5.91 Å². The molecule has 1 aromatic carbocycles. The van der Waals surface area contributed by atoms with Crippen LogP contribution in [0.25, 0.3) is 0 Å². The molecule has 2 atom stereocenters. The number of carbonyl (C=O) groups is 1. The SMILES string of the molecule is C[C@@H](NC(=O)CSc1nc2c(cc1C#N)C[NH+](C)CC2)c1ccccc1. The predicted molar refractivity (Wildman–Crippen MR) is 102 cm³/mol. The van der Waals surface area contributed by atoms with Crippen molar-refractivity contribution in [3.8, 4) is 6.07 Å². The van der Waals surface area contributed by atoms with E-state index in [0.717, 1.165) is 36.3 Å². The lowest BCUT2D eigenvalue weighted by atomic mass is 10.0. The minimum absolute atomic E-state index is 0.0465. The molecule has 0 saturated heterocycles. The van der Waals surface area contributed by atoms with Crippen LogP contribution in [0.2, 0.25) is 0 Å². The van der Waals surface area contributed by atoms with Crippen molar-refractivity contribution in [2.45, 2.75) is 31.0 Å². The molecule has 6 heteroatoms. The summed E-state index contributed by atoms with van der Waals surface area (Å²) in [7, 11) is 2.15. The quantitative estimate of drug-likeness (QED) is 0.786. The standard InChI is InChI=1S/C20H22N4OS/c1-14(15-6-4-3-5-7-15)22-19(25)13-26-20-16(11-21)10-17-12-24(2)9-8-18(17)23-20/h3-7,10,14H,8-9,12-13H2,1-2H3,(H,22,25)/p+1/t14-/m1/s1. The Balaban J connectivity index is 1.64. The maximum Gasteiger partial charge on any atom is 0.230 e. The third-order valence-electron chi connectivity index (χ3n) is 4.57. The summed E-state index contributed by atoms with van der Waals surface area (Å²) >= 11 is 1.34. The molecular weight excluding hydrogens is 344 g/mol. The molecule has 134 valence electrons. The number of rotatable bonds is 5. The molecule has 2 heterocycles. The molecule has 1 amide bonds. The average Bonchev–Trinajstić information content (AvgIpc) is 2.66. The van der Waals surface area contributed by atoms with Crippen molar-refractivity contribution in [2.75, 3.05) is 19.3 Å². The lowest BCUT2D eigenvalue weighted by Crippen LogP contribution is -3.08. The summed E-state index contributed by atoms with van der Waals surface area (Å²) in [5.41, 5.74) is 3.85. The lowest BCUT2D eigenvalue weighted by molar-refractivity contribution is -0.895. The Morgan fingerprint density at radius 3 is 2.92 bits per heavy atom. The number of nitrogens with zero attached hydrogens (tertiary/aromatic N) is 2. The first-order valence-corrected chi connectivity index (χ1v) is 9.76. The largest absolute Gasteiger partial charge is 0.349 e. The van der Waals surface area contributed by atoms with Crippen LogP contribution < -0.4 is 10.2 Å². The van der Waals surface area contributed by atoms with Crippen LogP contribution >= 0.6 is 11.8 Å². The average molecular weight is 367 g/mol. The van der Waals surface area contributed by atoms with E-state index in [1.807, 2.05) is 43.3 Å². The second-order valence-electron chi connectivity index (χ2n) is 6.68. The molecule has 1 aromatic heterocycles. The summed E-state index contributed by atoms with van der Waals surface area (Å²) in [6.45, 7) is 3.91. The van der Waals surface area contributed by atoms with E-state index < -0.39 is 0 Å². The van der Waals surface area contributed by atoms with Gasteiger partial charge in [-0.3, -0.25) is 4.79 Å². The van der Waals surface area contributed by atoms with Crippen LogP contribution in [0.1, 0.15) is 35.3 Å². The first kappa shape index (κ1) is 18.4. The van der Waals surface area contributed by atoms with Gasteiger partial charge in [0, 0.05) is 12.0 Å². The number of pyridine rings is 1. The van der Waals surface area contributed by atoms with Crippen LogP contribution in [-0.2, 0) is 17.8 Å². The van der Waals surface area contributed by atoms with Crippen molar-refractivity contribution in [3.05, 3.63) is 58.8 Å². The number of thioether (sulfide) groups is 1. The van der Waals surface area contributed by atoms with E-state index in [-0.39, 0.29) is 17.7 Å². The second kappa shape index (κ2) is 8.35. The fraction of sp³-hybridized carbons (Fsp3) is 0.350. The Hall–Kier alpha value is -2.36. The number of likely N-dealkylation sites (N-methyl/N-ethyl adjacent to an activating group) is 1. The number of amides is 1. The van der Waals surface area contributed by atoms with Gasteiger partial charge in [-0.05, 0) is 18.6 Å². The Morgan fingerprint density at radius 2 is 2.19 bits per heavy atom. The molecule has 0 bridgehead atoms. The van der Waals surface area contributed by atoms with Crippen LogP contribution in [-0.4, -0.2) is 30.2 Å². The van der Waals surface area contributed by atoms with E-state index in [2.05, 4.69) is 23.4 Å². The molecule has 5 nitrogen and oxygen atoms in total. The topological polar surface area (TPSA) is 70.2 Å². The van der Waals surface area contributed by atoms with Crippen LogP contribution in [0.5, 0.6) is 0 Å². The first-order chi connectivity index (χ1) is 12.6. The molecule has 3 rings (SSSR count). The number of benzene rings is 1. The minimum Gasteiger partial charge on any atom is -0.349 e. The smallest absolute Gasteiger partial charge is 0.230 e. The van der Waals surface area contributed by atoms with Gasteiger partial charge in [0.25, 0.3) is 0 Å². The highest BCUT2D eigenvalue weighted by Crippen LogP contribution is 2.24. The van der Waals surface area contributed by atoms with Crippen molar-refractivity contribution in [1.82, 2.24) is 10.3 Å². The monoisotopic (exact) mass is 367 g/mol. The molecule has 2 N–H and O–H groups in total. The van der Waals surface area contributed by atoms with Crippen molar-refractivity contribution in [1.29, 1.82) is 5.26 Å². The van der Waals surface area contributed by atoms with Crippen molar-refractivity contribution >= 4 is 17.7 Å². The van der Waals surface area contributed by atoms with E-state index in [1.165, 1.54) is 16.7 Å². The van der Waals surface area contributed by atoms with Gasteiger partial charge < -0.3 is 10.2 Å². The first-order valence-electron chi connectivity index (χ1n) is 8.78. The molecule has 2 aromatic rings. The number of carbonyl (C=O) groups excluding carboxylic acids is 1. The molecule has 1 aliphatic rings. The van der Waals surface area contributed by atoms with Crippen molar-refractivity contribution in [2.24, 2.45) is 0 Å². The van der Waals surface area contributed by atoms with E-state index in [0.29, 0.717) is 10.6 Å². The fourth-order valence-corrected chi connectivity index (χ4v) is 3.91. The van der Waals surface area contributed by atoms with Gasteiger partial charge in [-0.2, -0.15) is 5.26 Å². The van der Waals surface area contributed by atoms with E-state index in [4.69, 9.17) is 0 Å². The third kappa shape index (κ3) is 4.43. The van der Waals surface area contributed by atoms with Gasteiger partial charge in [0.15, 0.2) is 0 Å². The molecule has 0 radical (unpaired) electrons. The molecule has 0 aliphatic carbocycles. The highest BCUT2D eigenvalue weighted by molar-refractivity contribution is 8.00. The number of aromatic nitrogens is 1. The Kier molecular flexibility index (Phi) is 5.92. The number of hydrogen-bond acceptors (Lipinski definition) is 4. The van der Waals surface area contributed by atoms with Crippen LogP contribution in [0, 0.1) is 11.3 Å². The summed E-state index contributed by atoms with van der Waals surface area (Å²) in [4.78, 5) is 18.4. The predicted octanol–water partition coefficient (Wildman–Crippen LogP) is 1.49. The van der Waals surface area contributed by atoms with Crippen LogP contribution in [0.3, 0.4) is 0 Å². The van der Waals surface area contributed by atoms with Gasteiger partial charge in [0.1, 0.15) is 17.6 Å². The van der Waals surface area contributed by atoms with Gasteiger partial charge >= 0.3 is 0 Å². The van der Waals surface area contributed by atoms with Crippen molar-refractivity contribution < 1.29 is 9.69 Å². The molecular formula is C20H23N4OS+. The fourth-order valence-electron chi connectivity index (χ4n) is 3.12. The molecule has 0 saturated carbocycles. The summed E-state index contributed by atoms with van der Waals surface area (Å²) in [6.07, 6.45) is 0.914. The zero-order chi connectivity index (χ0) is 18.5. The zero-order valence-electron chi connectivity index (χ0n) is 15.1. The van der Waals surface area contributed by atoms with Gasteiger partial charge in [-0.25, -0.2) is 4.98 Å². The summed E-state index contributed by atoms with van der Waals surface area (Å²) < 4.78 is 0. The number of nitriles is 1. The molecule has 26 heavy (non-hydrogen) atoms. The molecule has 1 unspecified atom stereocenters. The van der Waals surface area contributed by atoms with E-state index >= 15 is 0 Å². The highest BCUT2D eigenvalue weighted by atomic mass is 32.2. The highest BCUT2D eigenvalue weighted by Gasteiger charge is 2.21. The summed E-state index contributed by atoms with van der Waals surface area (Å²) in [5, 5.41) is 13.1. The Bertz CT molecular complexity index is 832. The number of fused-ring (bicyclic) bond motifs is 1. The number of nitrogens with one attached hydrogen (secondary N) is 2. The summed E-state index contributed by atoms with van der Waals surface area (Å²) in [5.74, 6) is 0.196. The maximum atomic E-state index is 12.3. The third-order valence-corrected chi connectivity index (χ3v) is 5.57. The Labute approximate surface area is 158 Å². The number of hydrogen-bond donors (Lipinski definition) is 2.